The summed E-state index contributed by atoms with van der Waals surface area (Å²) in [6.45, 7) is 1.84. The van der Waals surface area contributed by atoms with E-state index in [2.05, 4.69) is 0 Å². The molecule has 0 bridgehead atoms. The second-order valence-electron chi connectivity index (χ2n) is 5.01. The fourth-order valence-corrected chi connectivity index (χ4v) is 3.72. The molecule has 0 heterocycles. The van der Waals surface area contributed by atoms with Crippen LogP contribution in [0.25, 0.3) is 0 Å². The third kappa shape index (κ3) is 5.51. The molecule has 0 aliphatic rings. The van der Waals surface area contributed by atoms with Gasteiger partial charge in [-0.1, -0.05) is 25.1 Å². The first kappa shape index (κ1) is 17.0. The van der Waals surface area contributed by atoms with Crippen molar-refractivity contribution >= 4 is 9.84 Å². The van der Waals surface area contributed by atoms with Gasteiger partial charge in [-0.15, -0.1) is 0 Å². The number of hydrogen-bond acceptors (Lipinski definition) is 4. The van der Waals surface area contributed by atoms with E-state index in [1.165, 1.54) is 0 Å². The number of methoxy groups -OCH3 is 1. The van der Waals surface area contributed by atoms with Crippen LogP contribution in [0.5, 0.6) is 5.75 Å². The lowest BCUT2D eigenvalue weighted by atomic mass is 9.97. The number of para-hydroxylation sites is 1. The number of aliphatic hydroxyl groups excluding tert-OH is 1. The summed E-state index contributed by atoms with van der Waals surface area (Å²) >= 11 is 0. The quantitative estimate of drug-likeness (QED) is 0.758. The monoisotopic (exact) mass is 300 g/mol. The van der Waals surface area contributed by atoms with E-state index in [0.29, 0.717) is 19.3 Å². The van der Waals surface area contributed by atoms with Crippen LogP contribution >= 0.6 is 0 Å². The number of ether oxygens (including phenoxy) is 1. The predicted octanol–water partition coefficient (Wildman–Crippen LogP) is 2.06. The van der Waals surface area contributed by atoms with Crippen LogP contribution in [-0.4, -0.2) is 38.7 Å². The lowest BCUT2D eigenvalue weighted by Gasteiger charge is -2.16. The zero-order chi connectivity index (χ0) is 15.0. The Balaban J connectivity index is 2.64. The molecule has 0 aliphatic heterocycles. The van der Waals surface area contributed by atoms with Gasteiger partial charge in [0.15, 0.2) is 0 Å². The minimum atomic E-state index is -2.99. The summed E-state index contributed by atoms with van der Waals surface area (Å²) in [7, 11) is -1.38. The zero-order valence-electron chi connectivity index (χ0n) is 12.2. The van der Waals surface area contributed by atoms with Crippen molar-refractivity contribution < 1.29 is 18.3 Å². The molecule has 0 aliphatic carbocycles. The molecule has 0 saturated carbocycles. The summed E-state index contributed by atoms with van der Waals surface area (Å²) in [6, 6.07) is 7.63. The van der Waals surface area contributed by atoms with E-state index < -0.39 is 9.84 Å². The molecule has 1 aromatic rings. The Hall–Kier alpha value is -1.07. The number of hydrogen-bond donors (Lipinski definition) is 1. The standard InChI is InChI=1S/C15H24O4S/c1-3-9-20(17,18)10-8-13(12-16)11-14-6-4-5-7-15(14)19-2/h4-7,13,16H,3,8-12H2,1-2H3. The highest BCUT2D eigenvalue weighted by atomic mass is 32.2. The van der Waals surface area contributed by atoms with Crippen LogP contribution in [0.4, 0.5) is 0 Å². The first-order chi connectivity index (χ1) is 9.52. The maximum absolute atomic E-state index is 11.7. The molecule has 1 atom stereocenters. The van der Waals surface area contributed by atoms with Crippen LogP contribution in [0.2, 0.25) is 0 Å². The number of aliphatic hydroxyl groups is 1. The van der Waals surface area contributed by atoms with Gasteiger partial charge >= 0.3 is 0 Å². The van der Waals surface area contributed by atoms with Crippen LogP contribution < -0.4 is 4.74 Å². The summed E-state index contributed by atoms with van der Waals surface area (Å²) in [4.78, 5) is 0. The summed E-state index contributed by atoms with van der Waals surface area (Å²) < 4.78 is 28.7. The van der Waals surface area contributed by atoms with Crippen LogP contribution in [0, 0.1) is 5.92 Å². The molecule has 0 aromatic heterocycles. The van der Waals surface area contributed by atoms with Gasteiger partial charge in [0.2, 0.25) is 0 Å². The molecule has 0 spiro atoms. The Morgan fingerprint density at radius 2 is 1.95 bits per heavy atom. The molecule has 0 radical (unpaired) electrons. The van der Waals surface area contributed by atoms with E-state index in [9.17, 15) is 13.5 Å². The third-order valence-corrected chi connectivity index (χ3v) is 5.20. The Morgan fingerprint density at radius 3 is 2.55 bits per heavy atom. The molecule has 4 nitrogen and oxygen atoms in total. The highest BCUT2D eigenvalue weighted by Gasteiger charge is 2.16. The van der Waals surface area contributed by atoms with E-state index in [-0.39, 0.29) is 24.0 Å². The first-order valence-corrected chi connectivity index (χ1v) is 8.77. The molecule has 1 unspecified atom stereocenters. The van der Waals surface area contributed by atoms with Crippen molar-refractivity contribution in [1.29, 1.82) is 0 Å². The normalized spacial score (nSPS) is 13.2. The van der Waals surface area contributed by atoms with Crippen molar-refractivity contribution in [3.63, 3.8) is 0 Å². The smallest absolute Gasteiger partial charge is 0.150 e. The largest absolute Gasteiger partial charge is 0.496 e. The number of benzene rings is 1. The maximum atomic E-state index is 11.7. The van der Waals surface area contributed by atoms with Crippen LogP contribution in [0.15, 0.2) is 24.3 Å². The van der Waals surface area contributed by atoms with E-state index in [0.717, 1.165) is 11.3 Å². The minimum absolute atomic E-state index is 0.0142. The lowest BCUT2D eigenvalue weighted by molar-refractivity contribution is 0.221. The Morgan fingerprint density at radius 1 is 1.25 bits per heavy atom. The van der Waals surface area contributed by atoms with Crippen molar-refractivity contribution in [2.75, 3.05) is 25.2 Å². The maximum Gasteiger partial charge on any atom is 0.150 e. The van der Waals surface area contributed by atoms with Crippen molar-refractivity contribution in [3.05, 3.63) is 29.8 Å². The van der Waals surface area contributed by atoms with Crippen LogP contribution in [0.1, 0.15) is 25.3 Å². The summed E-state index contributed by atoms with van der Waals surface area (Å²) in [6.07, 6.45) is 1.75. The van der Waals surface area contributed by atoms with E-state index in [1.54, 1.807) is 7.11 Å². The highest BCUT2D eigenvalue weighted by Crippen LogP contribution is 2.22. The molecular weight excluding hydrogens is 276 g/mol. The average molecular weight is 300 g/mol. The van der Waals surface area contributed by atoms with E-state index in [4.69, 9.17) is 4.74 Å². The van der Waals surface area contributed by atoms with Crippen molar-refractivity contribution in [3.8, 4) is 5.75 Å². The number of rotatable bonds is 9. The summed E-state index contributed by atoms with van der Waals surface area (Å²) in [5, 5.41) is 9.44. The van der Waals surface area contributed by atoms with Gasteiger partial charge in [-0.05, 0) is 36.8 Å². The van der Waals surface area contributed by atoms with Crippen molar-refractivity contribution in [2.24, 2.45) is 5.92 Å². The van der Waals surface area contributed by atoms with E-state index >= 15 is 0 Å². The average Bonchev–Trinajstić information content (AvgIpc) is 2.43. The summed E-state index contributed by atoms with van der Waals surface area (Å²) in [5.41, 5.74) is 1.00. The number of sulfone groups is 1. The molecule has 0 saturated heterocycles. The lowest BCUT2D eigenvalue weighted by Crippen LogP contribution is -2.18. The molecule has 1 rings (SSSR count). The molecule has 1 N–H and O–H groups in total. The van der Waals surface area contributed by atoms with Gasteiger partial charge in [-0.25, -0.2) is 8.42 Å². The van der Waals surface area contributed by atoms with E-state index in [1.807, 2.05) is 31.2 Å². The molecule has 0 amide bonds. The third-order valence-electron chi connectivity index (χ3n) is 3.31. The van der Waals surface area contributed by atoms with Gasteiger partial charge in [0.25, 0.3) is 0 Å². The summed E-state index contributed by atoms with van der Waals surface area (Å²) in [5.74, 6) is 1.08. The Bertz CT molecular complexity index is 496. The molecule has 114 valence electrons. The molecule has 0 fully saturated rings. The molecule has 5 heteroatoms. The van der Waals surface area contributed by atoms with Gasteiger partial charge in [0.05, 0.1) is 12.9 Å². The Kier molecular flexibility index (Phi) is 7.02. The predicted molar refractivity (Wildman–Crippen MR) is 80.8 cm³/mol. The van der Waals surface area contributed by atoms with Gasteiger partial charge in [-0.3, -0.25) is 0 Å². The topological polar surface area (TPSA) is 63.6 Å². The second-order valence-corrected chi connectivity index (χ2v) is 7.31. The Labute approximate surface area is 121 Å². The van der Waals surface area contributed by atoms with Gasteiger partial charge < -0.3 is 9.84 Å². The molecular formula is C15H24O4S. The molecule has 1 aromatic carbocycles. The fraction of sp³-hybridized carbons (Fsp3) is 0.600. The van der Waals surface area contributed by atoms with Crippen molar-refractivity contribution in [2.45, 2.75) is 26.2 Å². The van der Waals surface area contributed by atoms with Crippen LogP contribution in [-0.2, 0) is 16.3 Å². The fourth-order valence-electron chi connectivity index (χ4n) is 2.20. The van der Waals surface area contributed by atoms with Gasteiger partial charge in [0.1, 0.15) is 15.6 Å². The zero-order valence-corrected chi connectivity index (χ0v) is 13.0. The van der Waals surface area contributed by atoms with Crippen molar-refractivity contribution in [1.82, 2.24) is 0 Å². The highest BCUT2D eigenvalue weighted by molar-refractivity contribution is 7.91. The van der Waals surface area contributed by atoms with Gasteiger partial charge in [-0.2, -0.15) is 0 Å². The molecule has 20 heavy (non-hydrogen) atoms. The van der Waals surface area contributed by atoms with Crippen LogP contribution in [0.3, 0.4) is 0 Å². The second kappa shape index (κ2) is 8.27. The first-order valence-electron chi connectivity index (χ1n) is 6.95. The minimum Gasteiger partial charge on any atom is -0.496 e. The SMILES string of the molecule is CCCS(=O)(=O)CCC(CO)Cc1ccccc1OC. The van der Waals surface area contributed by atoms with Gasteiger partial charge in [0, 0.05) is 12.4 Å².